The van der Waals surface area contributed by atoms with E-state index in [-0.39, 0.29) is 18.6 Å². The third kappa shape index (κ3) is 6.60. The molecule has 0 spiro atoms. The molecule has 0 radical (unpaired) electrons. The number of methoxy groups -OCH3 is 1. The number of fused-ring (bicyclic) bond motifs is 1. The van der Waals surface area contributed by atoms with E-state index in [1.165, 1.54) is 28.8 Å². The third-order valence-electron chi connectivity index (χ3n) is 6.77. The van der Waals surface area contributed by atoms with Crippen LogP contribution in [0.5, 0.6) is 5.75 Å². The first kappa shape index (κ1) is 25.2. The number of rotatable bonds is 12. The van der Waals surface area contributed by atoms with Gasteiger partial charge in [0.2, 0.25) is 5.91 Å². The first-order chi connectivity index (χ1) is 16.4. The van der Waals surface area contributed by atoms with Crippen LogP contribution in [-0.4, -0.2) is 73.4 Å². The maximum absolute atomic E-state index is 13.5. The van der Waals surface area contributed by atoms with Gasteiger partial charge in [0, 0.05) is 31.6 Å². The van der Waals surface area contributed by atoms with Crippen LogP contribution in [0.15, 0.2) is 35.7 Å². The summed E-state index contributed by atoms with van der Waals surface area (Å²) < 4.78 is 11.3. The van der Waals surface area contributed by atoms with Gasteiger partial charge in [-0.25, -0.2) is 0 Å². The largest absolute Gasteiger partial charge is 0.491 e. The summed E-state index contributed by atoms with van der Waals surface area (Å²) in [5, 5.41) is 12.4. The van der Waals surface area contributed by atoms with Gasteiger partial charge in [-0.1, -0.05) is 26.0 Å². The maximum atomic E-state index is 13.5. The SMILES string of the molecule is COCC(O)CN(CC(=O)N1CCc2sccc2C1COc1ccc(C(C)C)cc1)CC1CC1. The van der Waals surface area contributed by atoms with Crippen molar-refractivity contribution in [2.24, 2.45) is 5.92 Å². The lowest BCUT2D eigenvalue weighted by atomic mass is 10.00. The molecule has 1 amide bonds. The van der Waals surface area contributed by atoms with E-state index >= 15 is 0 Å². The van der Waals surface area contributed by atoms with Crippen LogP contribution in [0.2, 0.25) is 0 Å². The lowest BCUT2D eigenvalue weighted by Gasteiger charge is -2.37. The van der Waals surface area contributed by atoms with Crippen LogP contribution in [0, 0.1) is 5.92 Å². The van der Waals surface area contributed by atoms with Crippen LogP contribution in [-0.2, 0) is 16.0 Å². The van der Waals surface area contributed by atoms with Crippen LogP contribution >= 0.6 is 11.3 Å². The Balaban J connectivity index is 1.44. The van der Waals surface area contributed by atoms with E-state index in [2.05, 4.69) is 42.3 Å². The van der Waals surface area contributed by atoms with E-state index in [0.29, 0.717) is 38.1 Å². The highest BCUT2D eigenvalue weighted by Gasteiger charge is 2.34. The van der Waals surface area contributed by atoms with E-state index in [9.17, 15) is 9.90 Å². The number of hydrogen-bond donors (Lipinski definition) is 1. The van der Waals surface area contributed by atoms with Gasteiger partial charge >= 0.3 is 0 Å². The molecule has 2 atom stereocenters. The van der Waals surface area contributed by atoms with Gasteiger partial charge in [-0.2, -0.15) is 0 Å². The minimum atomic E-state index is -0.589. The summed E-state index contributed by atoms with van der Waals surface area (Å²) in [5.74, 6) is 2.05. The summed E-state index contributed by atoms with van der Waals surface area (Å²) in [5.41, 5.74) is 2.49. The Labute approximate surface area is 207 Å². The average molecular weight is 487 g/mol. The number of carbonyl (C=O) groups is 1. The molecule has 1 N–H and O–H groups in total. The van der Waals surface area contributed by atoms with Gasteiger partial charge in [-0.05, 0) is 65.8 Å². The fourth-order valence-corrected chi connectivity index (χ4v) is 5.62. The average Bonchev–Trinajstić information content (AvgIpc) is 3.49. The molecule has 2 heterocycles. The van der Waals surface area contributed by atoms with E-state index in [1.54, 1.807) is 18.4 Å². The van der Waals surface area contributed by atoms with E-state index in [4.69, 9.17) is 9.47 Å². The first-order valence-electron chi connectivity index (χ1n) is 12.4. The minimum absolute atomic E-state index is 0.0982. The number of nitrogens with zero attached hydrogens (tertiary/aromatic N) is 2. The molecule has 7 heteroatoms. The monoisotopic (exact) mass is 486 g/mol. The molecule has 1 aliphatic heterocycles. The van der Waals surface area contributed by atoms with Crippen molar-refractivity contribution in [2.75, 3.05) is 46.5 Å². The molecule has 186 valence electrons. The Hall–Kier alpha value is -1.93. The lowest BCUT2D eigenvalue weighted by Crippen LogP contribution is -2.48. The summed E-state index contributed by atoms with van der Waals surface area (Å²) >= 11 is 1.76. The summed E-state index contributed by atoms with van der Waals surface area (Å²) in [7, 11) is 1.59. The normalized spacial score (nSPS) is 18.9. The third-order valence-corrected chi connectivity index (χ3v) is 7.77. The van der Waals surface area contributed by atoms with Crippen molar-refractivity contribution in [3.05, 3.63) is 51.7 Å². The Bertz CT molecular complexity index is 925. The molecule has 1 fully saturated rings. The fourth-order valence-electron chi connectivity index (χ4n) is 4.69. The Kier molecular flexibility index (Phi) is 8.64. The number of carbonyl (C=O) groups excluding carboxylic acids is 1. The van der Waals surface area contributed by atoms with Crippen molar-refractivity contribution < 1.29 is 19.4 Å². The summed E-state index contributed by atoms with van der Waals surface area (Å²) in [6.45, 7) is 7.40. The highest BCUT2D eigenvalue weighted by molar-refractivity contribution is 7.10. The molecule has 1 saturated carbocycles. The van der Waals surface area contributed by atoms with Crippen molar-refractivity contribution in [3.8, 4) is 5.75 Å². The number of aliphatic hydroxyl groups excluding tert-OH is 1. The van der Waals surface area contributed by atoms with E-state index < -0.39 is 6.10 Å². The molecule has 1 aromatic carbocycles. The van der Waals surface area contributed by atoms with Gasteiger partial charge < -0.3 is 19.5 Å². The van der Waals surface area contributed by atoms with Crippen LogP contribution in [0.3, 0.4) is 0 Å². The van der Waals surface area contributed by atoms with Crippen LogP contribution in [0.1, 0.15) is 54.7 Å². The second-order valence-electron chi connectivity index (χ2n) is 9.93. The minimum Gasteiger partial charge on any atom is -0.491 e. The van der Waals surface area contributed by atoms with Gasteiger partial charge in [0.15, 0.2) is 0 Å². The van der Waals surface area contributed by atoms with Gasteiger partial charge in [0.05, 0.1) is 25.3 Å². The van der Waals surface area contributed by atoms with Crippen molar-refractivity contribution in [2.45, 2.75) is 51.2 Å². The van der Waals surface area contributed by atoms with Crippen LogP contribution in [0.25, 0.3) is 0 Å². The molecule has 2 aliphatic rings. The quantitative estimate of drug-likeness (QED) is 0.490. The molecule has 1 aromatic heterocycles. The molecular weight excluding hydrogens is 448 g/mol. The van der Waals surface area contributed by atoms with Crippen molar-refractivity contribution in [3.63, 3.8) is 0 Å². The zero-order chi connectivity index (χ0) is 24.1. The molecule has 2 unspecified atom stereocenters. The number of hydrogen-bond acceptors (Lipinski definition) is 6. The van der Waals surface area contributed by atoms with Gasteiger partial charge in [-0.3, -0.25) is 9.69 Å². The molecule has 0 bridgehead atoms. The zero-order valence-electron chi connectivity index (χ0n) is 20.6. The van der Waals surface area contributed by atoms with Crippen molar-refractivity contribution in [1.29, 1.82) is 0 Å². The number of thiophene rings is 1. The lowest BCUT2D eigenvalue weighted by molar-refractivity contribution is -0.136. The highest BCUT2D eigenvalue weighted by atomic mass is 32.1. The molecule has 6 nitrogen and oxygen atoms in total. The van der Waals surface area contributed by atoms with Gasteiger partial charge in [0.25, 0.3) is 0 Å². The van der Waals surface area contributed by atoms with Crippen LogP contribution < -0.4 is 4.74 Å². The van der Waals surface area contributed by atoms with Crippen molar-refractivity contribution >= 4 is 17.2 Å². The number of amides is 1. The number of benzene rings is 1. The predicted molar refractivity (Wildman–Crippen MR) is 136 cm³/mol. The second-order valence-corrected chi connectivity index (χ2v) is 10.9. The zero-order valence-corrected chi connectivity index (χ0v) is 21.4. The molecule has 34 heavy (non-hydrogen) atoms. The smallest absolute Gasteiger partial charge is 0.237 e. The second kappa shape index (κ2) is 11.7. The summed E-state index contributed by atoms with van der Waals surface area (Å²) in [6.07, 6.45) is 2.71. The highest BCUT2D eigenvalue weighted by Crippen LogP contribution is 2.34. The van der Waals surface area contributed by atoms with Gasteiger partial charge in [0.1, 0.15) is 12.4 Å². The Morgan fingerprint density at radius 2 is 2.00 bits per heavy atom. The Morgan fingerprint density at radius 3 is 2.68 bits per heavy atom. The Morgan fingerprint density at radius 1 is 1.24 bits per heavy atom. The number of ether oxygens (including phenoxy) is 2. The van der Waals surface area contributed by atoms with E-state index in [0.717, 1.165) is 18.7 Å². The van der Waals surface area contributed by atoms with Gasteiger partial charge in [-0.15, -0.1) is 11.3 Å². The van der Waals surface area contributed by atoms with E-state index in [1.807, 2.05) is 17.0 Å². The molecule has 1 aliphatic carbocycles. The van der Waals surface area contributed by atoms with Crippen molar-refractivity contribution in [1.82, 2.24) is 9.80 Å². The fraction of sp³-hybridized carbons (Fsp3) is 0.593. The first-order valence-corrected chi connectivity index (χ1v) is 13.3. The topological polar surface area (TPSA) is 62.2 Å². The molecule has 0 saturated heterocycles. The summed E-state index contributed by atoms with van der Waals surface area (Å²) in [4.78, 5) is 19.0. The predicted octanol–water partition coefficient (Wildman–Crippen LogP) is 4.10. The molecule has 4 rings (SSSR count). The maximum Gasteiger partial charge on any atom is 0.237 e. The standard InChI is InChI=1S/C27H38N2O4S/c1-19(2)21-6-8-23(9-7-21)33-18-25-24-11-13-34-26(24)10-12-29(25)27(31)16-28(14-20-4-5-20)15-22(30)17-32-3/h6-9,11,13,19-20,22,25,30H,4-5,10,12,14-18H2,1-3H3. The molecular formula is C27H38N2O4S. The number of aliphatic hydroxyl groups is 1. The summed E-state index contributed by atoms with van der Waals surface area (Å²) in [6, 6.07) is 10.3. The van der Waals surface area contributed by atoms with Crippen LogP contribution in [0.4, 0.5) is 0 Å². The molecule has 2 aromatic rings.